The van der Waals surface area contributed by atoms with Crippen LogP contribution in [0.2, 0.25) is 0 Å². The summed E-state index contributed by atoms with van der Waals surface area (Å²) in [7, 11) is 0. The van der Waals surface area contributed by atoms with Gasteiger partial charge in [-0.2, -0.15) is 0 Å². The Morgan fingerprint density at radius 2 is 1.67 bits per heavy atom. The van der Waals surface area contributed by atoms with E-state index in [1.165, 1.54) is 49.7 Å². The number of aliphatic hydroxyl groups is 2. The number of hydrogen-bond donors (Lipinski definition) is 2. The van der Waals surface area contributed by atoms with Crippen molar-refractivity contribution in [2.75, 3.05) is 0 Å². The third-order valence-electron chi connectivity index (χ3n) is 6.62. The van der Waals surface area contributed by atoms with Gasteiger partial charge in [0.1, 0.15) is 0 Å². The minimum atomic E-state index is -0.459. The van der Waals surface area contributed by atoms with E-state index >= 15 is 0 Å². The lowest BCUT2D eigenvalue weighted by atomic mass is 9.75. The van der Waals surface area contributed by atoms with Crippen molar-refractivity contribution in [1.29, 1.82) is 0 Å². The molecule has 2 unspecified atom stereocenters. The maximum absolute atomic E-state index is 10.6. The van der Waals surface area contributed by atoms with Gasteiger partial charge in [-0.05, 0) is 55.1 Å². The zero-order chi connectivity index (χ0) is 21.6. The molecule has 2 rings (SSSR count). The highest BCUT2D eigenvalue weighted by atomic mass is 16.3. The molecule has 1 aliphatic rings. The average molecular weight is 413 g/mol. The summed E-state index contributed by atoms with van der Waals surface area (Å²) in [5.74, 6) is 0.863. The van der Waals surface area contributed by atoms with E-state index in [4.69, 9.17) is 0 Å². The average Bonchev–Trinajstić information content (AvgIpc) is 2.76. The first-order valence-electron chi connectivity index (χ1n) is 12.4. The minimum absolute atomic E-state index is 0.168. The summed E-state index contributed by atoms with van der Waals surface area (Å²) in [6, 6.07) is 8.53. The van der Waals surface area contributed by atoms with Crippen molar-refractivity contribution in [2.45, 2.75) is 103 Å². The maximum Gasteiger partial charge on any atom is 0.0764 e. The smallest absolute Gasteiger partial charge is 0.0764 e. The fourth-order valence-electron chi connectivity index (χ4n) is 4.79. The molecule has 0 saturated heterocycles. The van der Waals surface area contributed by atoms with Crippen LogP contribution in [0.25, 0.3) is 0 Å². The molecule has 1 fully saturated rings. The van der Waals surface area contributed by atoms with Crippen LogP contribution >= 0.6 is 0 Å². The predicted molar refractivity (Wildman–Crippen MR) is 129 cm³/mol. The van der Waals surface area contributed by atoms with Gasteiger partial charge in [0.05, 0.1) is 12.2 Å². The van der Waals surface area contributed by atoms with Crippen LogP contribution in [0.4, 0.5) is 0 Å². The number of allylic oxidation sites excluding steroid dienone is 3. The second-order valence-electron chi connectivity index (χ2n) is 9.09. The molecule has 0 aliphatic heterocycles. The Hall–Kier alpha value is -1.38. The molecule has 0 bridgehead atoms. The Morgan fingerprint density at radius 1 is 0.933 bits per heavy atom. The van der Waals surface area contributed by atoms with Gasteiger partial charge in [-0.1, -0.05) is 101 Å². The summed E-state index contributed by atoms with van der Waals surface area (Å²) in [6.07, 6.45) is 21.1. The molecular formula is C28H44O2. The van der Waals surface area contributed by atoms with E-state index in [1.54, 1.807) is 0 Å². The lowest BCUT2D eigenvalue weighted by molar-refractivity contribution is 0.0539. The van der Waals surface area contributed by atoms with Gasteiger partial charge in [-0.3, -0.25) is 0 Å². The van der Waals surface area contributed by atoms with E-state index in [1.807, 2.05) is 12.2 Å². The summed E-state index contributed by atoms with van der Waals surface area (Å²) in [5, 5.41) is 21.1. The fraction of sp³-hybridized carbons (Fsp3) is 0.643. The van der Waals surface area contributed by atoms with E-state index in [2.05, 4.69) is 50.3 Å². The van der Waals surface area contributed by atoms with Crippen LogP contribution in [0.3, 0.4) is 0 Å². The quantitative estimate of drug-likeness (QED) is 0.276. The highest BCUT2D eigenvalue weighted by Gasteiger charge is 2.28. The summed E-state index contributed by atoms with van der Waals surface area (Å²) < 4.78 is 0. The van der Waals surface area contributed by atoms with Crippen molar-refractivity contribution in [3.8, 4) is 0 Å². The molecule has 2 heteroatoms. The number of benzene rings is 1. The number of rotatable bonds is 13. The maximum atomic E-state index is 10.6. The second-order valence-corrected chi connectivity index (χ2v) is 9.09. The topological polar surface area (TPSA) is 40.5 Å². The fourth-order valence-corrected chi connectivity index (χ4v) is 4.79. The largest absolute Gasteiger partial charge is 0.393 e. The normalized spacial score (nSPS) is 22.0. The van der Waals surface area contributed by atoms with Crippen LogP contribution in [0.1, 0.15) is 89.2 Å². The summed E-state index contributed by atoms with van der Waals surface area (Å²) in [6.45, 7) is 4.42. The molecule has 1 aromatic carbocycles. The van der Waals surface area contributed by atoms with Crippen LogP contribution in [0.5, 0.6) is 0 Å². The number of aryl methyl sites for hydroxylation is 1. The van der Waals surface area contributed by atoms with Gasteiger partial charge in [0.2, 0.25) is 0 Å². The molecule has 0 spiro atoms. The SMILES string of the molecule is CCCCCc1ccccc1CC(O)/C=C/C=C/[C@H]1CCCC[C@H]1C(O)CCCC. The molecule has 1 aliphatic carbocycles. The molecule has 2 N–H and O–H groups in total. The van der Waals surface area contributed by atoms with Crippen molar-refractivity contribution in [3.63, 3.8) is 0 Å². The Balaban J connectivity index is 1.87. The molecule has 0 heterocycles. The van der Waals surface area contributed by atoms with E-state index in [-0.39, 0.29) is 6.10 Å². The van der Waals surface area contributed by atoms with Crippen LogP contribution in [-0.2, 0) is 12.8 Å². The first-order chi connectivity index (χ1) is 14.7. The number of hydrogen-bond acceptors (Lipinski definition) is 2. The van der Waals surface area contributed by atoms with Crippen LogP contribution in [0.15, 0.2) is 48.6 Å². The van der Waals surface area contributed by atoms with E-state index in [0.717, 1.165) is 32.1 Å². The van der Waals surface area contributed by atoms with Crippen molar-refractivity contribution >= 4 is 0 Å². The zero-order valence-electron chi connectivity index (χ0n) is 19.3. The lowest BCUT2D eigenvalue weighted by Gasteiger charge is -2.33. The molecule has 30 heavy (non-hydrogen) atoms. The van der Waals surface area contributed by atoms with E-state index < -0.39 is 6.10 Å². The standard InChI is InChI=1S/C28H44O2/c1-3-5-7-14-23-15-8-9-18-25(23)22-26(29)19-12-10-16-24-17-11-13-20-27(24)28(30)21-6-4-2/h8-10,12,15-16,18-19,24,26-30H,3-7,11,13-14,17,20-22H2,1-2H3/b16-10+,19-12+/t24-,26?,27+,28?/m0/s1. The Bertz CT molecular complexity index is 633. The highest BCUT2D eigenvalue weighted by molar-refractivity contribution is 5.28. The highest BCUT2D eigenvalue weighted by Crippen LogP contribution is 2.34. The van der Waals surface area contributed by atoms with Gasteiger partial charge >= 0.3 is 0 Å². The van der Waals surface area contributed by atoms with Crippen LogP contribution in [0, 0.1) is 11.8 Å². The zero-order valence-corrected chi connectivity index (χ0v) is 19.3. The van der Waals surface area contributed by atoms with Gasteiger partial charge in [-0.25, -0.2) is 0 Å². The molecule has 4 atom stereocenters. The van der Waals surface area contributed by atoms with Crippen LogP contribution in [-0.4, -0.2) is 22.4 Å². The molecule has 1 aromatic rings. The second kappa shape index (κ2) is 14.6. The van der Waals surface area contributed by atoms with E-state index in [9.17, 15) is 10.2 Å². The molecule has 0 amide bonds. The molecule has 2 nitrogen and oxygen atoms in total. The minimum Gasteiger partial charge on any atom is -0.393 e. The third kappa shape index (κ3) is 8.78. The predicted octanol–water partition coefficient (Wildman–Crippen LogP) is 6.79. The summed E-state index contributed by atoms with van der Waals surface area (Å²) in [4.78, 5) is 0. The van der Waals surface area contributed by atoms with Gasteiger partial charge in [0.25, 0.3) is 0 Å². The number of unbranched alkanes of at least 4 members (excludes halogenated alkanes) is 3. The van der Waals surface area contributed by atoms with Crippen molar-refractivity contribution in [2.24, 2.45) is 11.8 Å². The van der Waals surface area contributed by atoms with Crippen molar-refractivity contribution in [1.82, 2.24) is 0 Å². The van der Waals surface area contributed by atoms with Gasteiger partial charge < -0.3 is 10.2 Å². The van der Waals surface area contributed by atoms with Crippen LogP contribution < -0.4 is 0 Å². The van der Waals surface area contributed by atoms with Crippen molar-refractivity contribution < 1.29 is 10.2 Å². The molecule has 0 aromatic heterocycles. The van der Waals surface area contributed by atoms with Gasteiger partial charge in [0, 0.05) is 6.42 Å². The number of aliphatic hydroxyl groups excluding tert-OH is 2. The van der Waals surface area contributed by atoms with Crippen molar-refractivity contribution in [3.05, 3.63) is 59.7 Å². The van der Waals surface area contributed by atoms with E-state index in [0.29, 0.717) is 18.3 Å². The third-order valence-corrected chi connectivity index (χ3v) is 6.62. The Labute approximate surface area is 185 Å². The molecule has 1 saturated carbocycles. The van der Waals surface area contributed by atoms with Gasteiger partial charge in [0.15, 0.2) is 0 Å². The summed E-state index contributed by atoms with van der Waals surface area (Å²) in [5.41, 5.74) is 2.64. The summed E-state index contributed by atoms with van der Waals surface area (Å²) >= 11 is 0. The first kappa shape index (κ1) is 24.9. The first-order valence-corrected chi connectivity index (χ1v) is 12.4. The lowest BCUT2D eigenvalue weighted by Crippen LogP contribution is -2.29. The Kier molecular flexibility index (Phi) is 12.1. The monoisotopic (exact) mass is 412 g/mol. The molecule has 0 radical (unpaired) electrons. The van der Waals surface area contributed by atoms with Gasteiger partial charge in [-0.15, -0.1) is 0 Å². The molecule has 168 valence electrons. The molecular weight excluding hydrogens is 368 g/mol. The Morgan fingerprint density at radius 3 is 2.43 bits per heavy atom.